The average Bonchev–Trinajstić information content (AvgIpc) is 2.14. The molecule has 1 aromatic carbocycles. The van der Waals surface area contributed by atoms with Crippen molar-refractivity contribution < 1.29 is 5.11 Å². The number of rotatable bonds is 4. The summed E-state index contributed by atoms with van der Waals surface area (Å²) in [6, 6.07) is 8.94. The van der Waals surface area contributed by atoms with E-state index in [1.54, 1.807) is 0 Å². The van der Waals surface area contributed by atoms with Crippen LogP contribution >= 0.6 is 11.6 Å². The molecule has 0 spiro atoms. The molecule has 0 radical (unpaired) electrons. The lowest BCUT2D eigenvalue weighted by Crippen LogP contribution is -2.24. The van der Waals surface area contributed by atoms with E-state index in [0.29, 0.717) is 0 Å². The quantitative estimate of drug-likeness (QED) is 0.798. The third-order valence-electron chi connectivity index (χ3n) is 2.42. The molecule has 0 aliphatic carbocycles. The van der Waals surface area contributed by atoms with Gasteiger partial charge in [-0.25, -0.2) is 0 Å². The summed E-state index contributed by atoms with van der Waals surface area (Å²) in [5.41, 5.74) is 1.20. The van der Waals surface area contributed by atoms with Gasteiger partial charge in [-0.2, -0.15) is 0 Å². The maximum Gasteiger partial charge on any atom is 0.0497 e. The molecule has 0 fully saturated rings. The maximum absolute atomic E-state index is 9.40. The standard InChI is InChI=1S/C12H19ClOSi/c1-15(2,3)9-11(8-14)10-4-6-12(13)7-5-10/h4-7,11,14H,8-9H2,1-3H3. The van der Waals surface area contributed by atoms with E-state index < -0.39 is 8.07 Å². The molecule has 0 saturated carbocycles. The predicted molar refractivity (Wildman–Crippen MR) is 69.4 cm³/mol. The van der Waals surface area contributed by atoms with Crippen LogP contribution in [0.1, 0.15) is 11.5 Å². The van der Waals surface area contributed by atoms with E-state index >= 15 is 0 Å². The van der Waals surface area contributed by atoms with Gasteiger partial charge in [0.1, 0.15) is 0 Å². The molecular formula is C12H19ClOSi. The summed E-state index contributed by atoms with van der Waals surface area (Å²) < 4.78 is 0. The highest BCUT2D eigenvalue weighted by Crippen LogP contribution is 2.27. The largest absolute Gasteiger partial charge is 0.396 e. The van der Waals surface area contributed by atoms with Gasteiger partial charge < -0.3 is 5.11 Å². The monoisotopic (exact) mass is 242 g/mol. The first-order valence-electron chi connectivity index (χ1n) is 5.29. The highest BCUT2D eigenvalue weighted by atomic mass is 35.5. The molecule has 1 aromatic rings. The van der Waals surface area contributed by atoms with E-state index in [4.69, 9.17) is 11.6 Å². The van der Waals surface area contributed by atoms with Crippen LogP contribution in [0.2, 0.25) is 30.7 Å². The van der Waals surface area contributed by atoms with E-state index in [1.165, 1.54) is 5.56 Å². The van der Waals surface area contributed by atoms with Crippen LogP contribution in [0.5, 0.6) is 0 Å². The molecule has 1 atom stereocenters. The van der Waals surface area contributed by atoms with Crippen LogP contribution in [0.3, 0.4) is 0 Å². The van der Waals surface area contributed by atoms with Crippen LogP contribution in [0.4, 0.5) is 0 Å². The van der Waals surface area contributed by atoms with Gasteiger partial charge in [0.25, 0.3) is 0 Å². The molecule has 3 heteroatoms. The molecule has 1 unspecified atom stereocenters. The zero-order chi connectivity index (χ0) is 11.5. The molecule has 0 bridgehead atoms. The molecule has 1 nitrogen and oxygen atoms in total. The van der Waals surface area contributed by atoms with Crippen LogP contribution in [-0.2, 0) is 0 Å². The van der Waals surface area contributed by atoms with E-state index in [0.717, 1.165) is 11.1 Å². The minimum absolute atomic E-state index is 0.228. The number of benzene rings is 1. The number of hydrogen-bond acceptors (Lipinski definition) is 1. The van der Waals surface area contributed by atoms with Crippen molar-refractivity contribution in [2.45, 2.75) is 31.6 Å². The minimum Gasteiger partial charge on any atom is -0.396 e. The fourth-order valence-corrected chi connectivity index (χ4v) is 3.73. The summed E-state index contributed by atoms with van der Waals surface area (Å²) in [6.45, 7) is 7.20. The lowest BCUT2D eigenvalue weighted by molar-refractivity contribution is 0.272. The molecule has 0 saturated heterocycles. The minimum atomic E-state index is -1.13. The fraction of sp³-hybridized carbons (Fsp3) is 0.500. The third kappa shape index (κ3) is 4.37. The molecule has 0 aromatic heterocycles. The molecule has 15 heavy (non-hydrogen) atoms. The summed E-state index contributed by atoms with van der Waals surface area (Å²) in [7, 11) is -1.13. The van der Waals surface area contributed by atoms with Gasteiger partial charge in [-0.3, -0.25) is 0 Å². The van der Waals surface area contributed by atoms with Crippen molar-refractivity contribution in [1.82, 2.24) is 0 Å². The number of aliphatic hydroxyl groups excluding tert-OH is 1. The molecule has 0 amide bonds. The Labute approximate surface area is 98.1 Å². The molecular weight excluding hydrogens is 224 g/mol. The van der Waals surface area contributed by atoms with Crippen LogP contribution in [0.15, 0.2) is 24.3 Å². The van der Waals surface area contributed by atoms with Crippen molar-refractivity contribution in [3.05, 3.63) is 34.9 Å². The Bertz CT molecular complexity index is 302. The Kier molecular flexibility index (Phi) is 4.38. The smallest absolute Gasteiger partial charge is 0.0497 e. The van der Waals surface area contributed by atoms with Crippen LogP contribution < -0.4 is 0 Å². The number of hydrogen-bond donors (Lipinski definition) is 1. The molecule has 0 heterocycles. The normalized spacial score (nSPS) is 13.9. The first-order chi connectivity index (χ1) is 6.92. The summed E-state index contributed by atoms with van der Waals surface area (Å²) in [5.74, 6) is 0.272. The van der Waals surface area contributed by atoms with Gasteiger partial charge in [0.15, 0.2) is 0 Å². The van der Waals surface area contributed by atoms with Crippen molar-refractivity contribution in [2.24, 2.45) is 0 Å². The second-order valence-electron chi connectivity index (χ2n) is 5.20. The summed E-state index contributed by atoms with van der Waals surface area (Å²) in [4.78, 5) is 0. The van der Waals surface area contributed by atoms with E-state index in [9.17, 15) is 5.11 Å². The number of aliphatic hydroxyl groups is 1. The average molecular weight is 243 g/mol. The molecule has 0 aliphatic rings. The Hall–Kier alpha value is -0.313. The van der Waals surface area contributed by atoms with Gasteiger partial charge in [0.2, 0.25) is 0 Å². The first kappa shape index (κ1) is 12.8. The second kappa shape index (κ2) is 5.15. The van der Waals surface area contributed by atoms with Gasteiger partial charge in [0, 0.05) is 25.6 Å². The van der Waals surface area contributed by atoms with E-state index in [1.807, 2.05) is 24.3 Å². The lowest BCUT2D eigenvalue weighted by atomic mass is 10.0. The topological polar surface area (TPSA) is 20.2 Å². The van der Waals surface area contributed by atoms with Gasteiger partial charge in [-0.15, -0.1) is 0 Å². The molecule has 84 valence electrons. The van der Waals surface area contributed by atoms with Crippen LogP contribution in [-0.4, -0.2) is 19.8 Å². The second-order valence-corrected chi connectivity index (χ2v) is 11.2. The summed E-state index contributed by atoms with van der Waals surface area (Å²) in [5, 5.41) is 10.2. The first-order valence-corrected chi connectivity index (χ1v) is 9.37. The SMILES string of the molecule is C[Si](C)(C)CC(CO)c1ccc(Cl)cc1. The van der Waals surface area contributed by atoms with Crippen LogP contribution in [0, 0.1) is 0 Å². The fourth-order valence-electron chi connectivity index (χ4n) is 1.76. The third-order valence-corrected chi connectivity index (χ3v) is 4.39. The molecule has 1 N–H and O–H groups in total. The number of halogens is 1. The summed E-state index contributed by atoms with van der Waals surface area (Å²) >= 11 is 5.84. The maximum atomic E-state index is 9.40. The van der Waals surface area contributed by atoms with Crippen molar-refractivity contribution in [3.8, 4) is 0 Å². The zero-order valence-corrected chi connectivity index (χ0v) is 11.4. The Morgan fingerprint density at radius 3 is 2.13 bits per heavy atom. The van der Waals surface area contributed by atoms with Crippen molar-refractivity contribution in [2.75, 3.05) is 6.61 Å². The van der Waals surface area contributed by atoms with Gasteiger partial charge in [0.05, 0.1) is 0 Å². The van der Waals surface area contributed by atoms with Gasteiger partial charge in [-0.1, -0.05) is 43.4 Å². The Balaban J connectivity index is 2.79. The highest BCUT2D eigenvalue weighted by Gasteiger charge is 2.21. The Morgan fingerprint density at radius 1 is 1.20 bits per heavy atom. The Morgan fingerprint density at radius 2 is 1.73 bits per heavy atom. The van der Waals surface area contributed by atoms with Crippen molar-refractivity contribution in [3.63, 3.8) is 0 Å². The van der Waals surface area contributed by atoms with E-state index in [-0.39, 0.29) is 12.5 Å². The molecule has 1 rings (SSSR count). The zero-order valence-electron chi connectivity index (χ0n) is 9.63. The van der Waals surface area contributed by atoms with Crippen molar-refractivity contribution in [1.29, 1.82) is 0 Å². The predicted octanol–water partition coefficient (Wildman–Crippen LogP) is 3.75. The van der Waals surface area contributed by atoms with Crippen molar-refractivity contribution >= 4 is 19.7 Å². The molecule has 0 aliphatic heterocycles. The highest BCUT2D eigenvalue weighted by molar-refractivity contribution is 6.76. The van der Waals surface area contributed by atoms with Crippen LogP contribution in [0.25, 0.3) is 0 Å². The summed E-state index contributed by atoms with van der Waals surface area (Å²) in [6.07, 6.45) is 0. The lowest BCUT2D eigenvalue weighted by Gasteiger charge is -2.23. The van der Waals surface area contributed by atoms with E-state index in [2.05, 4.69) is 19.6 Å². The van der Waals surface area contributed by atoms with Gasteiger partial charge >= 0.3 is 0 Å². The van der Waals surface area contributed by atoms with Gasteiger partial charge in [-0.05, 0) is 23.7 Å².